The molecule has 0 spiro atoms. The van der Waals surface area contributed by atoms with Gasteiger partial charge in [-0.2, -0.15) is 0 Å². The van der Waals surface area contributed by atoms with E-state index in [0.29, 0.717) is 5.82 Å². The van der Waals surface area contributed by atoms with Gasteiger partial charge in [0.2, 0.25) is 0 Å². The van der Waals surface area contributed by atoms with Gasteiger partial charge in [-0.25, -0.2) is 4.98 Å². The van der Waals surface area contributed by atoms with Gasteiger partial charge >= 0.3 is 0 Å². The molecule has 0 aliphatic carbocycles. The fourth-order valence-corrected chi connectivity index (χ4v) is 3.15. The second-order valence-corrected chi connectivity index (χ2v) is 5.90. The lowest BCUT2D eigenvalue weighted by molar-refractivity contribution is 0.114. The van der Waals surface area contributed by atoms with Gasteiger partial charge in [-0.3, -0.25) is 0 Å². The minimum absolute atomic E-state index is 0.566. The fourth-order valence-electron chi connectivity index (χ4n) is 3.15. The summed E-state index contributed by atoms with van der Waals surface area (Å²) in [6, 6.07) is 29.2. The second-order valence-electron chi connectivity index (χ2n) is 5.90. The van der Waals surface area contributed by atoms with Gasteiger partial charge in [0.25, 0.3) is 0 Å². The first-order valence-electron chi connectivity index (χ1n) is 8.23. The standard InChI is InChI=1S/C22H18N2O/c25-22(18-10-4-1-5-11-18,19-12-6-2-7-13-19)21-23-16-17-24(21)20-14-8-3-9-15-20/h1-17,25H. The van der Waals surface area contributed by atoms with E-state index in [1.54, 1.807) is 6.20 Å². The molecule has 4 rings (SSSR count). The number of rotatable bonds is 4. The van der Waals surface area contributed by atoms with Gasteiger partial charge in [-0.05, 0) is 23.3 Å². The predicted molar refractivity (Wildman–Crippen MR) is 98.5 cm³/mol. The molecule has 0 unspecified atom stereocenters. The van der Waals surface area contributed by atoms with Crippen LogP contribution in [0, 0.1) is 0 Å². The number of aromatic nitrogens is 2. The Labute approximate surface area is 146 Å². The number of aliphatic hydroxyl groups is 1. The molecule has 0 aliphatic rings. The van der Waals surface area contributed by atoms with Crippen LogP contribution in [0.1, 0.15) is 17.0 Å². The van der Waals surface area contributed by atoms with Crippen molar-refractivity contribution < 1.29 is 5.11 Å². The summed E-state index contributed by atoms with van der Waals surface area (Å²) in [5.41, 5.74) is 1.18. The van der Waals surface area contributed by atoms with Crippen molar-refractivity contribution in [1.29, 1.82) is 0 Å². The zero-order valence-electron chi connectivity index (χ0n) is 13.7. The average Bonchev–Trinajstić information content (AvgIpc) is 3.20. The summed E-state index contributed by atoms with van der Waals surface area (Å²) < 4.78 is 1.93. The van der Waals surface area contributed by atoms with Crippen LogP contribution in [0.3, 0.4) is 0 Å². The van der Waals surface area contributed by atoms with Crippen LogP contribution in [0.25, 0.3) is 5.69 Å². The number of para-hydroxylation sites is 1. The van der Waals surface area contributed by atoms with E-state index in [2.05, 4.69) is 4.98 Å². The maximum Gasteiger partial charge on any atom is 0.173 e. The maximum absolute atomic E-state index is 11.9. The van der Waals surface area contributed by atoms with Crippen LogP contribution in [-0.4, -0.2) is 14.7 Å². The highest BCUT2D eigenvalue weighted by atomic mass is 16.3. The molecule has 3 nitrogen and oxygen atoms in total. The smallest absolute Gasteiger partial charge is 0.173 e. The lowest BCUT2D eigenvalue weighted by Gasteiger charge is -2.29. The number of benzene rings is 3. The molecule has 0 aliphatic heterocycles. The Hall–Kier alpha value is -3.17. The molecular formula is C22H18N2O. The Morgan fingerprint density at radius 2 is 1.16 bits per heavy atom. The lowest BCUT2D eigenvalue weighted by Crippen LogP contribution is -2.32. The van der Waals surface area contributed by atoms with Crippen LogP contribution in [0.4, 0.5) is 0 Å². The van der Waals surface area contributed by atoms with Crippen LogP contribution >= 0.6 is 0 Å². The van der Waals surface area contributed by atoms with Crippen molar-refractivity contribution in [3.05, 3.63) is 120 Å². The van der Waals surface area contributed by atoms with Gasteiger partial charge in [0.1, 0.15) is 0 Å². The summed E-state index contributed by atoms with van der Waals surface area (Å²) in [5.74, 6) is 0.566. The summed E-state index contributed by atoms with van der Waals surface area (Å²) in [6.07, 6.45) is 3.60. The van der Waals surface area contributed by atoms with E-state index in [9.17, 15) is 5.11 Å². The molecule has 1 aromatic heterocycles. The minimum Gasteiger partial charge on any atom is -0.373 e. The Kier molecular flexibility index (Phi) is 3.92. The van der Waals surface area contributed by atoms with Crippen molar-refractivity contribution in [2.75, 3.05) is 0 Å². The van der Waals surface area contributed by atoms with Crippen LogP contribution < -0.4 is 0 Å². The molecule has 1 N–H and O–H groups in total. The Balaban J connectivity index is 1.97. The van der Waals surface area contributed by atoms with E-state index in [4.69, 9.17) is 0 Å². The summed E-state index contributed by atoms with van der Waals surface area (Å²) in [5, 5.41) is 11.9. The highest BCUT2D eigenvalue weighted by Gasteiger charge is 2.38. The number of nitrogens with zero attached hydrogens (tertiary/aromatic N) is 2. The van der Waals surface area contributed by atoms with Crippen molar-refractivity contribution in [2.24, 2.45) is 0 Å². The third kappa shape index (κ3) is 2.65. The van der Waals surface area contributed by atoms with Crippen molar-refractivity contribution in [1.82, 2.24) is 9.55 Å². The molecule has 0 fully saturated rings. The molecular weight excluding hydrogens is 308 g/mol. The van der Waals surface area contributed by atoms with E-state index in [0.717, 1.165) is 16.8 Å². The zero-order chi connectivity index (χ0) is 17.1. The van der Waals surface area contributed by atoms with Gasteiger partial charge in [0.15, 0.2) is 11.4 Å². The molecule has 0 radical (unpaired) electrons. The molecule has 25 heavy (non-hydrogen) atoms. The normalized spacial score (nSPS) is 11.4. The quantitative estimate of drug-likeness (QED) is 0.611. The third-order valence-corrected chi connectivity index (χ3v) is 4.38. The molecule has 3 aromatic carbocycles. The average molecular weight is 326 g/mol. The molecule has 0 bridgehead atoms. The van der Waals surface area contributed by atoms with Crippen LogP contribution in [-0.2, 0) is 5.60 Å². The van der Waals surface area contributed by atoms with E-state index in [-0.39, 0.29) is 0 Å². The number of imidazole rings is 1. The van der Waals surface area contributed by atoms with E-state index in [1.165, 1.54) is 0 Å². The molecule has 0 saturated carbocycles. The largest absolute Gasteiger partial charge is 0.373 e. The highest BCUT2D eigenvalue weighted by molar-refractivity contribution is 5.45. The first-order chi connectivity index (χ1) is 12.3. The third-order valence-electron chi connectivity index (χ3n) is 4.38. The van der Waals surface area contributed by atoms with Crippen molar-refractivity contribution >= 4 is 0 Å². The highest BCUT2D eigenvalue weighted by Crippen LogP contribution is 2.36. The van der Waals surface area contributed by atoms with E-state index in [1.807, 2.05) is 102 Å². The van der Waals surface area contributed by atoms with Gasteiger partial charge in [-0.15, -0.1) is 0 Å². The molecule has 0 saturated heterocycles. The van der Waals surface area contributed by atoms with Gasteiger partial charge in [0.05, 0.1) is 0 Å². The van der Waals surface area contributed by atoms with Crippen LogP contribution in [0.2, 0.25) is 0 Å². The Morgan fingerprint density at radius 3 is 1.68 bits per heavy atom. The lowest BCUT2D eigenvalue weighted by atomic mass is 9.85. The predicted octanol–water partition coefficient (Wildman–Crippen LogP) is 4.16. The Bertz CT molecular complexity index is 908. The monoisotopic (exact) mass is 326 g/mol. The molecule has 4 aromatic rings. The fraction of sp³-hybridized carbons (Fsp3) is 0.0455. The first-order valence-corrected chi connectivity index (χ1v) is 8.23. The molecule has 0 amide bonds. The van der Waals surface area contributed by atoms with Gasteiger partial charge < -0.3 is 9.67 Å². The van der Waals surface area contributed by atoms with E-state index >= 15 is 0 Å². The zero-order valence-corrected chi connectivity index (χ0v) is 13.7. The van der Waals surface area contributed by atoms with Crippen LogP contribution in [0.5, 0.6) is 0 Å². The van der Waals surface area contributed by atoms with Crippen LogP contribution in [0.15, 0.2) is 103 Å². The van der Waals surface area contributed by atoms with Crippen molar-refractivity contribution in [3.8, 4) is 5.69 Å². The second kappa shape index (κ2) is 6.38. The summed E-state index contributed by atoms with van der Waals surface area (Å²) in [7, 11) is 0. The van der Waals surface area contributed by atoms with Gasteiger partial charge in [0, 0.05) is 18.1 Å². The summed E-state index contributed by atoms with van der Waals surface area (Å²) in [4.78, 5) is 4.53. The molecule has 1 heterocycles. The summed E-state index contributed by atoms with van der Waals surface area (Å²) in [6.45, 7) is 0. The number of hydrogen-bond donors (Lipinski definition) is 1. The maximum atomic E-state index is 11.9. The number of hydrogen-bond acceptors (Lipinski definition) is 2. The van der Waals surface area contributed by atoms with E-state index < -0.39 is 5.60 Å². The van der Waals surface area contributed by atoms with Crippen molar-refractivity contribution in [2.45, 2.75) is 5.60 Å². The molecule has 3 heteroatoms. The molecule has 0 atom stereocenters. The minimum atomic E-state index is -1.35. The molecule has 122 valence electrons. The van der Waals surface area contributed by atoms with Gasteiger partial charge in [-0.1, -0.05) is 78.9 Å². The Morgan fingerprint density at radius 1 is 0.680 bits per heavy atom. The summed E-state index contributed by atoms with van der Waals surface area (Å²) >= 11 is 0. The van der Waals surface area contributed by atoms with Crippen molar-refractivity contribution in [3.63, 3.8) is 0 Å². The first kappa shape index (κ1) is 15.4. The topological polar surface area (TPSA) is 38.1 Å². The SMILES string of the molecule is OC(c1ccccc1)(c1ccccc1)c1nccn1-c1ccccc1.